The van der Waals surface area contributed by atoms with E-state index in [1.807, 2.05) is 23.1 Å². The standard InChI is InChI=1S/C17H17FN4OS2/c1-11(16(23)19-13-7-5-12(18)6-8-13)25-17-21-20-15(22(17)2)10-14-4-3-9-24-14/h3-9,11H,10H2,1-2H3,(H,19,23)/t11-/m0/s1. The molecule has 1 aromatic carbocycles. The van der Waals surface area contributed by atoms with Crippen molar-refractivity contribution in [1.29, 1.82) is 0 Å². The van der Waals surface area contributed by atoms with Crippen LogP contribution in [-0.4, -0.2) is 25.9 Å². The van der Waals surface area contributed by atoms with Crippen molar-refractivity contribution in [2.45, 2.75) is 23.8 Å². The van der Waals surface area contributed by atoms with E-state index < -0.39 is 0 Å². The predicted molar refractivity (Wildman–Crippen MR) is 98.5 cm³/mol. The molecule has 0 aliphatic carbocycles. The second-order valence-corrected chi connectivity index (χ2v) is 7.81. The van der Waals surface area contributed by atoms with Crippen LogP contribution in [0.1, 0.15) is 17.6 Å². The highest BCUT2D eigenvalue weighted by atomic mass is 32.2. The first-order chi connectivity index (χ1) is 12.0. The number of halogens is 1. The molecule has 0 bridgehead atoms. The number of anilines is 1. The van der Waals surface area contributed by atoms with Crippen molar-refractivity contribution < 1.29 is 9.18 Å². The first-order valence-corrected chi connectivity index (χ1v) is 9.42. The number of hydrogen-bond donors (Lipinski definition) is 1. The molecule has 0 unspecified atom stereocenters. The highest BCUT2D eigenvalue weighted by Gasteiger charge is 2.19. The van der Waals surface area contributed by atoms with E-state index in [-0.39, 0.29) is 17.0 Å². The normalized spacial score (nSPS) is 12.1. The molecule has 0 radical (unpaired) electrons. The van der Waals surface area contributed by atoms with Crippen LogP contribution in [0.5, 0.6) is 0 Å². The molecule has 2 aromatic heterocycles. The number of aromatic nitrogens is 3. The van der Waals surface area contributed by atoms with Crippen LogP contribution in [0.4, 0.5) is 10.1 Å². The third-order valence-corrected chi connectivity index (χ3v) is 5.61. The number of amides is 1. The summed E-state index contributed by atoms with van der Waals surface area (Å²) in [4.78, 5) is 13.5. The summed E-state index contributed by atoms with van der Waals surface area (Å²) in [6.07, 6.45) is 0.720. The van der Waals surface area contributed by atoms with Gasteiger partial charge in [0, 0.05) is 24.0 Å². The Kier molecular flexibility index (Phi) is 5.50. The van der Waals surface area contributed by atoms with Crippen molar-refractivity contribution in [3.63, 3.8) is 0 Å². The van der Waals surface area contributed by atoms with Crippen LogP contribution in [0.3, 0.4) is 0 Å². The van der Waals surface area contributed by atoms with Gasteiger partial charge in [-0.2, -0.15) is 0 Å². The van der Waals surface area contributed by atoms with Crippen molar-refractivity contribution in [2.75, 3.05) is 5.32 Å². The molecule has 1 atom stereocenters. The van der Waals surface area contributed by atoms with Gasteiger partial charge in [-0.15, -0.1) is 21.5 Å². The Morgan fingerprint density at radius 2 is 2.08 bits per heavy atom. The predicted octanol–water partition coefficient (Wildman–Crippen LogP) is 3.73. The Bertz CT molecular complexity index is 846. The van der Waals surface area contributed by atoms with Crippen molar-refractivity contribution in [2.24, 2.45) is 7.05 Å². The Balaban J connectivity index is 1.62. The number of nitrogens with one attached hydrogen (secondary N) is 1. The van der Waals surface area contributed by atoms with Crippen molar-refractivity contribution in [3.05, 3.63) is 58.3 Å². The summed E-state index contributed by atoms with van der Waals surface area (Å²) < 4.78 is 14.8. The lowest BCUT2D eigenvalue weighted by Gasteiger charge is -2.11. The summed E-state index contributed by atoms with van der Waals surface area (Å²) in [6.45, 7) is 1.80. The average Bonchev–Trinajstić information content (AvgIpc) is 3.22. The maximum Gasteiger partial charge on any atom is 0.237 e. The van der Waals surface area contributed by atoms with E-state index in [4.69, 9.17) is 0 Å². The van der Waals surface area contributed by atoms with Gasteiger partial charge in [0.15, 0.2) is 5.16 Å². The monoisotopic (exact) mass is 376 g/mol. The van der Waals surface area contributed by atoms with Gasteiger partial charge in [0.1, 0.15) is 11.6 Å². The fraction of sp³-hybridized carbons (Fsp3) is 0.235. The number of nitrogens with zero attached hydrogens (tertiary/aromatic N) is 3. The van der Waals surface area contributed by atoms with E-state index in [2.05, 4.69) is 21.6 Å². The summed E-state index contributed by atoms with van der Waals surface area (Å²) in [7, 11) is 1.90. The van der Waals surface area contributed by atoms with Crippen molar-refractivity contribution in [1.82, 2.24) is 14.8 Å². The zero-order valence-corrected chi connectivity index (χ0v) is 15.4. The number of carbonyl (C=O) groups excluding carboxylic acids is 1. The highest BCUT2D eigenvalue weighted by molar-refractivity contribution is 8.00. The van der Waals surface area contributed by atoms with Gasteiger partial charge < -0.3 is 9.88 Å². The quantitative estimate of drug-likeness (QED) is 0.666. The number of thiophene rings is 1. The molecule has 0 aliphatic heterocycles. The SMILES string of the molecule is C[C@H](Sc1nnc(Cc2cccs2)n1C)C(=O)Nc1ccc(F)cc1. The highest BCUT2D eigenvalue weighted by Crippen LogP contribution is 2.24. The van der Waals surface area contributed by atoms with Crippen LogP contribution >= 0.6 is 23.1 Å². The minimum absolute atomic E-state index is 0.167. The van der Waals surface area contributed by atoms with E-state index in [0.717, 1.165) is 12.2 Å². The molecule has 0 saturated heterocycles. The van der Waals surface area contributed by atoms with Gasteiger partial charge in [-0.25, -0.2) is 4.39 Å². The number of rotatable bonds is 6. The van der Waals surface area contributed by atoms with Crippen molar-refractivity contribution in [3.8, 4) is 0 Å². The minimum atomic E-state index is -0.359. The molecule has 25 heavy (non-hydrogen) atoms. The first kappa shape index (κ1) is 17.6. The zero-order chi connectivity index (χ0) is 17.8. The fourth-order valence-corrected chi connectivity index (χ4v) is 3.69. The summed E-state index contributed by atoms with van der Waals surface area (Å²) in [6, 6.07) is 9.76. The van der Waals surface area contributed by atoms with Gasteiger partial charge in [-0.3, -0.25) is 4.79 Å². The van der Waals surface area contributed by atoms with E-state index in [9.17, 15) is 9.18 Å². The molecule has 0 saturated carbocycles. The lowest BCUT2D eigenvalue weighted by molar-refractivity contribution is -0.115. The number of benzene rings is 1. The lowest BCUT2D eigenvalue weighted by atomic mass is 10.3. The topological polar surface area (TPSA) is 59.8 Å². The van der Waals surface area contributed by atoms with Gasteiger partial charge in [-0.1, -0.05) is 17.8 Å². The van der Waals surface area contributed by atoms with Gasteiger partial charge >= 0.3 is 0 Å². The van der Waals surface area contributed by atoms with Crippen LogP contribution in [0.25, 0.3) is 0 Å². The smallest absolute Gasteiger partial charge is 0.237 e. The molecule has 0 fully saturated rings. The molecule has 1 N–H and O–H groups in total. The molecule has 0 spiro atoms. The number of hydrogen-bond acceptors (Lipinski definition) is 5. The molecule has 5 nitrogen and oxygen atoms in total. The number of carbonyl (C=O) groups is 1. The molecule has 2 heterocycles. The maximum atomic E-state index is 12.9. The van der Waals surface area contributed by atoms with E-state index >= 15 is 0 Å². The molecule has 3 aromatic rings. The molecule has 0 aliphatic rings. The Morgan fingerprint density at radius 3 is 2.76 bits per heavy atom. The van der Waals surface area contributed by atoms with E-state index in [0.29, 0.717) is 10.8 Å². The number of thioether (sulfide) groups is 1. The molecule has 3 rings (SSSR count). The largest absolute Gasteiger partial charge is 0.325 e. The third-order valence-electron chi connectivity index (χ3n) is 3.60. The molecule has 130 valence electrons. The Hall–Kier alpha value is -2.19. The van der Waals surface area contributed by atoms with Crippen molar-refractivity contribution >= 4 is 34.7 Å². The van der Waals surface area contributed by atoms with Gasteiger partial charge in [-0.05, 0) is 42.6 Å². The molecular formula is C17H17FN4OS2. The minimum Gasteiger partial charge on any atom is -0.325 e. The molecule has 1 amide bonds. The van der Waals surface area contributed by atoms with E-state index in [1.165, 1.54) is 40.9 Å². The molecule has 8 heteroatoms. The third kappa shape index (κ3) is 4.46. The van der Waals surface area contributed by atoms with Gasteiger partial charge in [0.05, 0.1) is 5.25 Å². The first-order valence-electron chi connectivity index (χ1n) is 7.66. The fourth-order valence-electron chi connectivity index (χ4n) is 2.16. The van der Waals surface area contributed by atoms with Crippen LogP contribution in [-0.2, 0) is 18.3 Å². The zero-order valence-electron chi connectivity index (χ0n) is 13.8. The Labute approximate surface area is 153 Å². The van der Waals surface area contributed by atoms with Crippen LogP contribution < -0.4 is 5.32 Å². The summed E-state index contributed by atoms with van der Waals surface area (Å²) in [5.74, 6) is 0.355. The van der Waals surface area contributed by atoms with Crippen LogP contribution in [0.2, 0.25) is 0 Å². The van der Waals surface area contributed by atoms with Crippen LogP contribution in [0.15, 0.2) is 46.9 Å². The van der Waals surface area contributed by atoms with Gasteiger partial charge in [0.25, 0.3) is 0 Å². The summed E-state index contributed by atoms with van der Waals surface area (Å²) in [5, 5.41) is 13.5. The summed E-state index contributed by atoms with van der Waals surface area (Å²) >= 11 is 3.02. The maximum absolute atomic E-state index is 12.9. The average molecular weight is 376 g/mol. The lowest BCUT2D eigenvalue weighted by Crippen LogP contribution is -2.22. The van der Waals surface area contributed by atoms with E-state index in [1.54, 1.807) is 18.3 Å². The second kappa shape index (κ2) is 7.79. The second-order valence-electron chi connectivity index (χ2n) is 5.47. The van der Waals surface area contributed by atoms with Gasteiger partial charge in [0.2, 0.25) is 5.91 Å². The summed E-state index contributed by atoms with van der Waals surface area (Å²) in [5.41, 5.74) is 0.565. The molecular weight excluding hydrogens is 359 g/mol. The Morgan fingerprint density at radius 1 is 1.32 bits per heavy atom. The van der Waals surface area contributed by atoms with Crippen LogP contribution in [0, 0.1) is 5.82 Å².